The van der Waals surface area contributed by atoms with E-state index in [2.05, 4.69) is 16.4 Å². The lowest BCUT2D eigenvalue weighted by Crippen LogP contribution is -2.28. The summed E-state index contributed by atoms with van der Waals surface area (Å²) in [6, 6.07) is 9.29. The number of benzene rings is 1. The number of nitrogens with one attached hydrogen (secondary N) is 1. The number of nitrogens with zero attached hydrogens (tertiary/aromatic N) is 2. The lowest BCUT2D eigenvalue weighted by molar-refractivity contribution is -0.131. The van der Waals surface area contributed by atoms with Crippen molar-refractivity contribution >= 4 is 22.4 Å². The van der Waals surface area contributed by atoms with E-state index >= 15 is 0 Å². The number of anilines is 1. The zero-order valence-electron chi connectivity index (χ0n) is 12.2. The fourth-order valence-corrected chi connectivity index (χ4v) is 2.66. The van der Waals surface area contributed by atoms with Crippen LogP contribution >= 0.6 is 11.3 Å². The van der Waals surface area contributed by atoms with Gasteiger partial charge in [0.1, 0.15) is 0 Å². The molecule has 22 heavy (non-hydrogen) atoms. The van der Waals surface area contributed by atoms with Gasteiger partial charge in [0.2, 0.25) is 0 Å². The fraction of sp³-hybridized carbons (Fsp3) is 0.188. The van der Waals surface area contributed by atoms with Crippen LogP contribution in [0, 0.1) is 11.3 Å². The summed E-state index contributed by atoms with van der Waals surface area (Å²) in [7, 11) is 0. The lowest BCUT2D eigenvalue weighted by Gasteiger charge is -2.21. The molecule has 1 aromatic heterocycles. The molecule has 0 aliphatic rings. The van der Waals surface area contributed by atoms with E-state index in [4.69, 9.17) is 10.4 Å². The summed E-state index contributed by atoms with van der Waals surface area (Å²) in [5.41, 5.74) is 1.84. The summed E-state index contributed by atoms with van der Waals surface area (Å²) in [6.45, 7) is 3.74. The van der Waals surface area contributed by atoms with Crippen molar-refractivity contribution in [1.29, 1.82) is 5.26 Å². The van der Waals surface area contributed by atoms with Crippen LogP contribution in [0.4, 0.5) is 5.13 Å². The molecule has 5 nitrogen and oxygen atoms in total. The SMILES string of the molecule is CC(C)(/C=C/C(=O)O)Nc1nc(-c2ccc(C#N)cc2)cs1. The summed E-state index contributed by atoms with van der Waals surface area (Å²) in [4.78, 5) is 15.1. The van der Waals surface area contributed by atoms with Gasteiger partial charge in [-0.25, -0.2) is 9.78 Å². The number of rotatable bonds is 5. The van der Waals surface area contributed by atoms with E-state index in [1.165, 1.54) is 11.3 Å². The van der Waals surface area contributed by atoms with Crippen LogP contribution in [0.25, 0.3) is 11.3 Å². The van der Waals surface area contributed by atoms with Crippen molar-refractivity contribution in [2.45, 2.75) is 19.4 Å². The van der Waals surface area contributed by atoms with Gasteiger partial charge in [0, 0.05) is 17.0 Å². The molecule has 1 aromatic carbocycles. The highest BCUT2D eigenvalue weighted by Crippen LogP contribution is 2.27. The average Bonchev–Trinajstić information content (AvgIpc) is 2.93. The van der Waals surface area contributed by atoms with Crippen molar-refractivity contribution in [3.8, 4) is 17.3 Å². The number of carbonyl (C=O) groups is 1. The molecule has 0 amide bonds. The number of aromatic nitrogens is 1. The maximum absolute atomic E-state index is 10.6. The van der Waals surface area contributed by atoms with Gasteiger partial charge in [-0.1, -0.05) is 18.2 Å². The Labute approximate surface area is 132 Å². The Balaban J connectivity index is 2.14. The number of nitriles is 1. The molecule has 0 radical (unpaired) electrons. The largest absolute Gasteiger partial charge is 0.478 e. The molecule has 6 heteroatoms. The van der Waals surface area contributed by atoms with Crippen LogP contribution in [-0.2, 0) is 4.79 Å². The third-order valence-corrected chi connectivity index (χ3v) is 3.64. The number of carboxylic acids is 1. The number of hydrogen-bond donors (Lipinski definition) is 2. The minimum Gasteiger partial charge on any atom is -0.478 e. The monoisotopic (exact) mass is 313 g/mol. The zero-order chi connectivity index (χ0) is 16.2. The number of aliphatic carboxylic acids is 1. The van der Waals surface area contributed by atoms with Crippen molar-refractivity contribution in [3.05, 3.63) is 47.4 Å². The van der Waals surface area contributed by atoms with Gasteiger partial charge >= 0.3 is 5.97 Å². The Hall–Kier alpha value is -2.65. The predicted octanol–water partition coefficient (Wildman–Crippen LogP) is 3.51. The van der Waals surface area contributed by atoms with E-state index in [1.54, 1.807) is 18.2 Å². The Morgan fingerprint density at radius 3 is 2.68 bits per heavy atom. The first-order valence-electron chi connectivity index (χ1n) is 6.56. The van der Waals surface area contributed by atoms with Gasteiger partial charge < -0.3 is 10.4 Å². The van der Waals surface area contributed by atoms with Crippen LogP contribution in [0.2, 0.25) is 0 Å². The molecule has 0 aliphatic heterocycles. The first kappa shape index (κ1) is 15.7. The summed E-state index contributed by atoms with van der Waals surface area (Å²) in [5, 5.41) is 23.3. The topological polar surface area (TPSA) is 86.0 Å². The average molecular weight is 313 g/mol. The number of hydrogen-bond acceptors (Lipinski definition) is 5. The standard InChI is InChI=1S/C16H15N3O2S/c1-16(2,8-7-14(20)21)19-15-18-13(10-22-15)12-5-3-11(9-17)4-6-12/h3-8,10H,1-2H3,(H,18,19)(H,20,21)/b8-7+. The van der Waals surface area contributed by atoms with E-state index in [-0.39, 0.29) is 0 Å². The summed E-state index contributed by atoms with van der Waals surface area (Å²) in [6.07, 6.45) is 2.69. The van der Waals surface area contributed by atoms with Crippen molar-refractivity contribution < 1.29 is 9.90 Å². The van der Waals surface area contributed by atoms with Crippen LogP contribution in [0.1, 0.15) is 19.4 Å². The Bertz CT molecular complexity index is 739. The van der Waals surface area contributed by atoms with Gasteiger partial charge in [0.15, 0.2) is 5.13 Å². The molecular weight excluding hydrogens is 298 g/mol. The molecule has 0 saturated carbocycles. The zero-order valence-corrected chi connectivity index (χ0v) is 13.0. The van der Waals surface area contributed by atoms with Gasteiger partial charge in [0.05, 0.1) is 22.9 Å². The molecule has 2 aromatic rings. The molecule has 0 atom stereocenters. The summed E-state index contributed by atoms with van der Waals surface area (Å²) >= 11 is 1.45. The van der Waals surface area contributed by atoms with E-state index in [1.807, 2.05) is 31.4 Å². The van der Waals surface area contributed by atoms with Crippen molar-refractivity contribution in [1.82, 2.24) is 4.98 Å². The maximum Gasteiger partial charge on any atom is 0.328 e. The summed E-state index contributed by atoms with van der Waals surface area (Å²) in [5.74, 6) is -0.979. The number of thiazole rings is 1. The molecule has 0 unspecified atom stereocenters. The summed E-state index contributed by atoms with van der Waals surface area (Å²) < 4.78 is 0. The second-order valence-corrected chi connectivity index (χ2v) is 6.10. The molecule has 2 N–H and O–H groups in total. The normalized spacial score (nSPS) is 11.3. The van der Waals surface area contributed by atoms with Gasteiger partial charge in [-0.05, 0) is 26.0 Å². The first-order chi connectivity index (χ1) is 10.4. The smallest absolute Gasteiger partial charge is 0.328 e. The van der Waals surface area contributed by atoms with E-state index in [0.29, 0.717) is 10.7 Å². The molecule has 0 saturated heterocycles. The van der Waals surface area contributed by atoms with Gasteiger partial charge in [-0.3, -0.25) is 0 Å². The maximum atomic E-state index is 10.6. The van der Waals surface area contributed by atoms with Crippen molar-refractivity contribution in [2.24, 2.45) is 0 Å². The highest BCUT2D eigenvalue weighted by atomic mass is 32.1. The first-order valence-corrected chi connectivity index (χ1v) is 7.44. The predicted molar refractivity (Wildman–Crippen MR) is 86.7 cm³/mol. The molecule has 112 valence electrons. The van der Waals surface area contributed by atoms with Crippen LogP contribution in [-0.4, -0.2) is 21.6 Å². The second-order valence-electron chi connectivity index (χ2n) is 5.25. The molecule has 1 heterocycles. The molecule has 2 rings (SSSR count). The molecule has 0 fully saturated rings. The molecule has 0 aliphatic carbocycles. The van der Waals surface area contributed by atoms with Crippen LogP contribution in [0.15, 0.2) is 41.8 Å². The quantitative estimate of drug-likeness (QED) is 0.825. The van der Waals surface area contributed by atoms with Gasteiger partial charge in [-0.15, -0.1) is 11.3 Å². The minimum atomic E-state index is -0.979. The molecule has 0 spiro atoms. The lowest BCUT2D eigenvalue weighted by atomic mass is 10.1. The van der Waals surface area contributed by atoms with Crippen LogP contribution in [0.3, 0.4) is 0 Å². The third kappa shape index (κ3) is 4.17. The number of carboxylic acid groups (broad SMARTS) is 1. The van der Waals surface area contributed by atoms with Crippen LogP contribution in [0.5, 0.6) is 0 Å². The Morgan fingerprint density at radius 1 is 1.41 bits per heavy atom. The Kier molecular flexibility index (Phi) is 4.59. The van der Waals surface area contributed by atoms with Crippen molar-refractivity contribution in [3.63, 3.8) is 0 Å². The van der Waals surface area contributed by atoms with Crippen molar-refractivity contribution in [2.75, 3.05) is 5.32 Å². The van der Waals surface area contributed by atoms with Gasteiger partial charge in [-0.2, -0.15) is 5.26 Å². The van der Waals surface area contributed by atoms with E-state index < -0.39 is 11.5 Å². The van der Waals surface area contributed by atoms with Crippen LogP contribution < -0.4 is 5.32 Å². The van der Waals surface area contributed by atoms with E-state index in [0.717, 1.165) is 17.3 Å². The van der Waals surface area contributed by atoms with Gasteiger partial charge in [0.25, 0.3) is 0 Å². The highest BCUT2D eigenvalue weighted by Gasteiger charge is 2.16. The van der Waals surface area contributed by atoms with E-state index in [9.17, 15) is 4.79 Å². The molecule has 0 bridgehead atoms. The minimum absolute atomic E-state index is 0.516. The third-order valence-electron chi connectivity index (χ3n) is 2.89. The Morgan fingerprint density at radius 2 is 2.09 bits per heavy atom. The second kappa shape index (κ2) is 6.41. The fourth-order valence-electron chi connectivity index (χ4n) is 1.78. The highest BCUT2D eigenvalue weighted by molar-refractivity contribution is 7.14. The molecular formula is C16H15N3O2S.